The summed E-state index contributed by atoms with van der Waals surface area (Å²) < 4.78 is 10.6. The quantitative estimate of drug-likeness (QED) is 0.508. The van der Waals surface area contributed by atoms with Gasteiger partial charge in [-0.3, -0.25) is 14.5 Å². The predicted molar refractivity (Wildman–Crippen MR) is 102 cm³/mol. The van der Waals surface area contributed by atoms with E-state index in [-0.39, 0.29) is 19.1 Å². The molecule has 10 heteroatoms. The minimum Gasteiger partial charge on any atom is -0.480 e. The Morgan fingerprint density at radius 1 is 1.38 bits per heavy atom. The van der Waals surface area contributed by atoms with Crippen LogP contribution in [0.1, 0.15) is 5.56 Å². The van der Waals surface area contributed by atoms with Crippen LogP contribution in [0.5, 0.6) is 5.75 Å². The Morgan fingerprint density at radius 2 is 2.15 bits per heavy atom. The van der Waals surface area contributed by atoms with Crippen molar-refractivity contribution >= 4 is 57.7 Å². The largest absolute Gasteiger partial charge is 0.480 e. The molecular formula is C16H17ClN2O5S2. The lowest BCUT2D eigenvalue weighted by Crippen LogP contribution is -2.38. The van der Waals surface area contributed by atoms with Crippen molar-refractivity contribution in [1.29, 1.82) is 0 Å². The van der Waals surface area contributed by atoms with Gasteiger partial charge in [-0.05, 0) is 24.6 Å². The molecule has 0 spiro atoms. The number of ether oxygens (including phenoxy) is 2. The summed E-state index contributed by atoms with van der Waals surface area (Å²) >= 11 is 12.3. The number of benzene rings is 1. The second-order valence-electron chi connectivity index (χ2n) is 5.33. The maximum atomic E-state index is 11.7. The molecule has 0 aromatic heterocycles. The van der Waals surface area contributed by atoms with Gasteiger partial charge in [-0.15, -0.1) is 0 Å². The summed E-state index contributed by atoms with van der Waals surface area (Å²) in [6.07, 6.45) is 0. The van der Waals surface area contributed by atoms with Gasteiger partial charge in [0, 0.05) is 13.1 Å². The van der Waals surface area contributed by atoms with Crippen molar-refractivity contribution < 1.29 is 23.9 Å². The summed E-state index contributed by atoms with van der Waals surface area (Å²) in [5.41, 5.74) is 0.937. The van der Waals surface area contributed by atoms with Crippen LogP contribution in [0.2, 0.25) is 5.02 Å². The zero-order valence-corrected chi connectivity index (χ0v) is 16.3. The van der Waals surface area contributed by atoms with Crippen LogP contribution in [0.4, 0.5) is 0 Å². The first-order valence-corrected chi connectivity index (χ1v) is 9.42. The van der Waals surface area contributed by atoms with Gasteiger partial charge in [0.05, 0.1) is 10.8 Å². The number of rotatable bonds is 8. The zero-order valence-electron chi connectivity index (χ0n) is 14.0. The molecule has 0 aliphatic carbocycles. The summed E-state index contributed by atoms with van der Waals surface area (Å²) in [7, 11) is 0. The SMILES string of the molecule is Cc1ccc(Cl)c(OCC(=O)OCC(=O)NCCN2C(=O)CSC2=S)c1. The molecule has 2 amide bonds. The summed E-state index contributed by atoms with van der Waals surface area (Å²) in [6, 6.07) is 5.18. The highest BCUT2D eigenvalue weighted by Gasteiger charge is 2.25. The van der Waals surface area contributed by atoms with Crippen LogP contribution in [0.15, 0.2) is 18.2 Å². The van der Waals surface area contributed by atoms with Gasteiger partial charge in [0.2, 0.25) is 5.91 Å². The number of thiocarbonyl (C=S) groups is 1. The molecule has 1 aliphatic heterocycles. The Bertz CT molecular complexity index is 713. The average molecular weight is 417 g/mol. The molecule has 1 heterocycles. The Kier molecular flexibility index (Phi) is 7.67. The van der Waals surface area contributed by atoms with Crippen molar-refractivity contribution in [3.8, 4) is 5.75 Å². The lowest BCUT2D eigenvalue weighted by molar-refractivity contribution is -0.150. The molecule has 1 aromatic carbocycles. The van der Waals surface area contributed by atoms with E-state index in [2.05, 4.69) is 5.32 Å². The van der Waals surface area contributed by atoms with Crippen molar-refractivity contribution in [1.82, 2.24) is 10.2 Å². The molecule has 1 aromatic rings. The van der Waals surface area contributed by atoms with E-state index in [4.69, 9.17) is 33.3 Å². The van der Waals surface area contributed by atoms with Crippen molar-refractivity contribution in [2.75, 3.05) is 32.1 Å². The molecule has 0 radical (unpaired) electrons. The van der Waals surface area contributed by atoms with E-state index in [1.165, 1.54) is 16.7 Å². The number of amides is 2. The Balaban J connectivity index is 1.64. The molecule has 1 saturated heterocycles. The highest BCUT2D eigenvalue weighted by atomic mass is 35.5. The fourth-order valence-electron chi connectivity index (χ4n) is 2.00. The van der Waals surface area contributed by atoms with Crippen LogP contribution in [-0.2, 0) is 19.1 Å². The van der Waals surface area contributed by atoms with Gasteiger partial charge >= 0.3 is 5.97 Å². The smallest absolute Gasteiger partial charge is 0.344 e. The van der Waals surface area contributed by atoms with E-state index < -0.39 is 18.5 Å². The van der Waals surface area contributed by atoms with E-state index in [9.17, 15) is 14.4 Å². The van der Waals surface area contributed by atoms with Gasteiger partial charge < -0.3 is 14.8 Å². The van der Waals surface area contributed by atoms with Crippen LogP contribution in [0.25, 0.3) is 0 Å². The van der Waals surface area contributed by atoms with Crippen LogP contribution >= 0.6 is 35.6 Å². The van der Waals surface area contributed by atoms with Gasteiger partial charge in [0.25, 0.3) is 5.91 Å². The van der Waals surface area contributed by atoms with Crippen LogP contribution in [-0.4, -0.2) is 59.1 Å². The van der Waals surface area contributed by atoms with Crippen molar-refractivity contribution in [3.05, 3.63) is 28.8 Å². The third-order valence-corrected chi connectivity index (χ3v) is 5.04. The molecule has 1 N–H and O–H groups in total. The Labute approximate surface area is 165 Å². The minimum atomic E-state index is -0.690. The number of hydrogen-bond acceptors (Lipinski definition) is 7. The zero-order chi connectivity index (χ0) is 19.1. The number of carbonyl (C=O) groups excluding carboxylic acids is 3. The van der Waals surface area contributed by atoms with Crippen molar-refractivity contribution in [2.24, 2.45) is 0 Å². The molecule has 0 atom stereocenters. The topological polar surface area (TPSA) is 84.9 Å². The molecule has 1 fully saturated rings. The number of aryl methyl sites for hydroxylation is 1. The summed E-state index contributed by atoms with van der Waals surface area (Å²) in [5.74, 6) is -0.540. The predicted octanol–water partition coefficient (Wildman–Crippen LogP) is 1.55. The maximum absolute atomic E-state index is 11.7. The molecule has 26 heavy (non-hydrogen) atoms. The fourth-order valence-corrected chi connectivity index (χ4v) is 3.29. The van der Waals surface area contributed by atoms with Crippen LogP contribution < -0.4 is 10.1 Å². The molecule has 0 unspecified atom stereocenters. The first kappa shape index (κ1) is 20.5. The van der Waals surface area contributed by atoms with E-state index in [1.807, 2.05) is 13.0 Å². The summed E-state index contributed by atoms with van der Waals surface area (Å²) in [4.78, 5) is 36.3. The third kappa shape index (κ3) is 6.15. The number of carbonyl (C=O) groups is 3. The second kappa shape index (κ2) is 9.75. The van der Waals surface area contributed by atoms with Crippen molar-refractivity contribution in [3.63, 3.8) is 0 Å². The highest BCUT2D eigenvalue weighted by Crippen LogP contribution is 2.25. The molecular weight excluding hydrogens is 400 g/mol. The van der Waals surface area contributed by atoms with E-state index >= 15 is 0 Å². The first-order valence-electron chi connectivity index (χ1n) is 7.65. The number of nitrogens with zero attached hydrogens (tertiary/aromatic N) is 1. The van der Waals surface area contributed by atoms with Crippen molar-refractivity contribution in [2.45, 2.75) is 6.92 Å². The number of hydrogen-bond donors (Lipinski definition) is 1. The molecule has 0 bridgehead atoms. The van der Waals surface area contributed by atoms with E-state index in [0.29, 0.717) is 27.4 Å². The number of esters is 1. The van der Waals surface area contributed by atoms with Gasteiger partial charge in [-0.1, -0.05) is 41.6 Å². The first-order chi connectivity index (χ1) is 12.4. The third-order valence-electron chi connectivity index (χ3n) is 3.29. The Morgan fingerprint density at radius 3 is 2.85 bits per heavy atom. The van der Waals surface area contributed by atoms with Gasteiger partial charge in [-0.25, -0.2) is 4.79 Å². The van der Waals surface area contributed by atoms with Crippen LogP contribution in [0.3, 0.4) is 0 Å². The highest BCUT2D eigenvalue weighted by molar-refractivity contribution is 8.23. The monoisotopic (exact) mass is 416 g/mol. The minimum absolute atomic E-state index is 0.0763. The van der Waals surface area contributed by atoms with E-state index in [1.54, 1.807) is 12.1 Å². The lowest BCUT2D eigenvalue weighted by atomic mass is 10.2. The lowest BCUT2D eigenvalue weighted by Gasteiger charge is -2.15. The molecule has 2 rings (SSSR count). The fraction of sp³-hybridized carbons (Fsp3) is 0.375. The molecule has 1 aliphatic rings. The molecule has 0 saturated carbocycles. The van der Waals surface area contributed by atoms with Gasteiger partial charge in [-0.2, -0.15) is 0 Å². The number of thioether (sulfide) groups is 1. The average Bonchev–Trinajstić information content (AvgIpc) is 2.92. The molecule has 7 nitrogen and oxygen atoms in total. The maximum Gasteiger partial charge on any atom is 0.344 e. The second-order valence-corrected chi connectivity index (χ2v) is 7.35. The standard InChI is InChI=1S/C16H17ClN2O5S2/c1-10-2-3-11(17)12(6-10)23-8-15(22)24-7-13(20)18-4-5-19-14(21)9-26-16(19)25/h2-3,6H,4-5,7-9H2,1H3,(H,18,20). The normalized spacial score (nSPS) is 13.7. The van der Waals surface area contributed by atoms with Crippen LogP contribution in [0, 0.1) is 6.92 Å². The summed E-state index contributed by atoms with van der Waals surface area (Å²) in [5, 5.41) is 2.94. The van der Waals surface area contributed by atoms with Gasteiger partial charge in [0.1, 0.15) is 10.1 Å². The number of nitrogens with one attached hydrogen (secondary N) is 1. The van der Waals surface area contributed by atoms with E-state index in [0.717, 1.165) is 5.56 Å². The Hall–Kier alpha value is -1.84. The summed E-state index contributed by atoms with van der Waals surface area (Å²) in [6.45, 7) is 1.59. The molecule has 140 valence electrons. The van der Waals surface area contributed by atoms with Gasteiger partial charge in [0.15, 0.2) is 13.2 Å². The number of halogens is 1.